The van der Waals surface area contributed by atoms with E-state index < -0.39 is 11.5 Å². The van der Waals surface area contributed by atoms with E-state index in [0.29, 0.717) is 9.21 Å². The first-order chi connectivity index (χ1) is 6.91. The highest BCUT2D eigenvalue weighted by Crippen LogP contribution is 2.41. The van der Waals surface area contributed by atoms with E-state index in [1.54, 1.807) is 12.1 Å². The van der Waals surface area contributed by atoms with Crippen LogP contribution in [0, 0.1) is 0 Å². The van der Waals surface area contributed by atoms with Gasteiger partial charge in [0.25, 0.3) is 5.92 Å². The molecule has 1 aromatic rings. The highest BCUT2D eigenvalue weighted by molar-refractivity contribution is 7.16. The summed E-state index contributed by atoms with van der Waals surface area (Å²) in [7, 11) is 0. The van der Waals surface area contributed by atoms with Crippen LogP contribution in [0.1, 0.15) is 17.7 Å². The first-order valence-corrected chi connectivity index (χ1v) is 5.67. The normalized spacial score (nSPS) is 29.3. The molecule has 1 unspecified atom stereocenters. The largest absolute Gasteiger partial charge is 0.380 e. The zero-order chi connectivity index (χ0) is 11.1. The Morgan fingerprint density at radius 2 is 2.00 bits per heavy atom. The fraction of sp³-hybridized carbons (Fsp3) is 0.400. The van der Waals surface area contributed by atoms with E-state index in [0.717, 1.165) is 6.08 Å². The molecule has 2 rings (SSSR count). The maximum absolute atomic E-state index is 12.8. The molecule has 1 aliphatic carbocycles. The zero-order valence-electron chi connectivity index (χ0n) is 7.71. The highest BCUT2D eigenvalue weighted by Gasteiger charge is 2.39. The Bertz CT molecular complexity index is 402. The van der Waals surface area contributed by atoms with Gasteiger partial charge >= 0.3 is 0 Å². The average Bonchev–Trinajstić information content (AvgIpc) is 2.59. The summed E-state index contributed by atoms with van der Waals surface area (Å²) in [6.45, 7) is 0. The minimum absolute atomic E-state index is 0.0212. The minimum Gasteiger partial charge on any atom is -0.380 e. The monoisotopic (exact) mass is 250 g/mol. The van der Waals surface area contributed by atoms with Gasteiger partial charge in [0.05, 0.1) is 4.34 Å². The molecular weight excluding hydrogens is 242 g/mol. The van der Waals surface area contributed by atoms with Crippen molar-refractivity contribution in [1.29, 1.82) is 0 Å². The number of allylic oxidation sites excluding steroid dienone is 1. The lowest BCUT2D eigenvalue weighted by molar-refractivity contribution is -0.0122. The summed E-state index contributed by atoms with van der Waals surface area (Å²) in [5.74, 6) is -2.80. The van der Waals surface area contributed by atoms with Gasteiger partial charge in [-0.1, -0.05) is 11.6 Å². The molecule has 5 heteroatoms. The molecule has 0 aliphatic heterocycles. The third-order valence-electron chi connectivity index (χ3n) is 2.44. The maximum Gasteiger partial charge on any atom is 0.266 e. The van der Waals surface area contributed by atoms with Gasteiger partial charge < -0.3 is 5.11 Å². The van der Waals surface area contributed by atoms with Gasteiger partial charge in [0, 0.05) is 11.3 Å². The Balaban J connectivity index is 2.30. The number of hydrogen-bond acceptors (Lipinski definition) is 2. The van der Waals surface area contributed by atoms with Crippen molar-refractivity contribution in [2.24, 2.45) is 0 Å². The van der Waals surface area contributed by atoms with Crippen LogP contribution in [0.2, 0.25) is 4.34 Å². The third kappa shape index (κ3) is 2.22. The summed E-state index contributed by atoms with van der Waals surface area (Å²) in [5, 5.41) is 10.1. The van der Waals surface area contributed by atoms with E-state index in [4.69, 9.17) is 11.6 Å². The number of thiophene rings is 1. The molecule has 0 saturated heterocycles. The lowest BCUT2D eigenvalue weighted by Crippen LogP contribution is -2.30. The summed E-state index contributed by atoms with van der Waals surface area (Å²) in [6, 6.07) is 3.32. The number of rotatable bonds is 1. The second kappa shape index (κ2) is 3.54. The van der Waals surface area contributed by atoms with Gasteiger partial charge in [0.2, 0.25) is 0 Å². The van der Waals surface area contributed by atoms with Crippen LogP contribution in [-0.2, 0) is 5.60 Å². The number of hydrogen-bond donors (Lipinski definition) is 1. The summed E-state index contributed by atoms with van der Waals surface area (Å²) < 4.78 is 26.2. The molecule has 1 heterocycles. The Labute approximate surface area is 95.0 Å². The molecule has 0 spiro atoms. The summed E-state index contributed by atoms with van der Waals surface area (Å²) >= 11 is 6.95. The number of halogens is 3. The molecule has 1 nitrogen and oxygen atoms in total. The van der Waals surface area contributed by atoms with Crippen LogP contribution in [0.5, 0.6) is 0 Å². The Morgan fingerprint density at radius 3 is 2.47 bits per heavy atom. The molecule has 1 aromatic heterocycles. The molecule has 0 aromatic carbocycles. The highest BCUT2D eigenvalue weighted by atomic mass is 35.5. The van der Waals surface area contributed by atoms with Crippen molar-refractivity contribution in [2.45, 2.75) is 24.4 Å². The smallest absolute Gasteiger partial charge is 0.266 e. The molecule has 0 amide bonds. The van der Waals surface area contributed by atoms with Crippen molar-refractivity contribution in [1.82, 2.24) is 0 Å². The van der Waals surface area contributed by atoms with Crippen LogP contribution in [-0.4, -0.2) is 11.0 Å². The van der Waals surface area contributed by atoms with Crippen LogP contribution < -0.4 is 0 Å². The van der Waals surface area contributed by atoms with E-state index in [2.05, 4.69) is 0 Å². The fourth-order valence-corrected chi connectivity index (χ4v) is 2.68. The molecule has 0 radical (unpaired) electrons. The van der Waals surface area contributed by atoms with Crippen molar-refractivity contribution in [3.63, 3.8) is 0 Å². The molecule has 0 fully saturated rings. The predicted octanol–water partition coefficient (Wildman–Crippen LogP) is 3.57. The molecule has 82 valence electrons. The van der Waals surface area contributed by atoms with Gasteiger partial charge in [-0.05, 0) is 30.7 Å². The SMILES string of the molecule is OC1(c2ccc(Cl)s2)C=CC(F)(F)CC1. The van der Waals surface area contributed by atoms with E-state index in [9.17, 15) is 13.9 Å². The second-order valence-corrected chi connectivity index (χ2v) is 5.34. The zero-order valence-corrected chi connectivity index (χ0v) is 9.29. The average molecular weight is 251 g/mol. The lowest BCUT2D eigenvalue weighted by atomic mass is 9.88. The van der Waals surface area contributed by atoms with Gasteiger partial charge in [-0.25, -0.2) is 8.78 Å². The molecular formula is C10H9ClF2OS. The van der Waals surface area contributed by atoms with E-state index in [-0.39, 0.29) is 12.8 Å². The number of alkyl halides is 2. The van der Waals surface area contributed by atoms with Gasteiger partial charge in [0.1, 0.15) is 5.60 Å². The second-order valence-electron chi connectivity index (χ2n) is 3.62. The first kappa shape index (κ1) is 11.0. The summed E-state index contributed by atoms with van der Waals surface area (Å²) in [5.41, 5.74) is -1.28. The molecule has 1 N–H and O–H groups in total. The molecule has 1 atom stereocenters. The van der Waals surface area contributed by atoms with Crippen LogP contribution >= 0.6 is 22.9 Å². The number of aliphatic hydroxyl groups is 1. The van der Waals surface area contributed by atoms with Crippen LogP contribution in [0.15, 0.2) is 24.3 Å². The van der Waals surface area contributed by atoms with Crippen LogP contribution in [0.4, 0.5) is 8.78 Å². The third-order valence-corrected chi connectivity index (χ3v) is 3.84. The first-order valence-electron chi connectivity index (χ1n) is 4.48. The maximum atomic E-state index is 12.8. The molecule has 0 saturated carbocycles. The van der Waals surface area contributed by atoms with Crippen LogP contribution in [0.3, 0.4) is 0 Å². The van der Waals surface area contributed by atoms with Gasteiger partial charge in [-0.3, -0.25) is 0 Å². The van der Waals surface area contributed by atoms with Gasteiger partial charge in [-0.2, -0.15) is 0 Å². The van der Waals surface area contributed by atoms with Crippen molar-refractivity contribution in [2.75, 3.05) is 0 Å². The van der Waals surface area contributed by atoms with Gasteiger partial charge in [-0.15, -0.1) is 11.3 Å². The molecule has 15 heavy (non-hydrogen) atoms. The predicted molar refractivity (Wildman–Crippen MR) is 56.5 cm³/mol. The Morgan fingerprint density at radius 1 is 1.27 bits per heavy atom. The van der Waals surface area contributed by atoms with E-state index >= 15 is 0 Å². The fourth-order valence-electron chi connectivity index (χ4n) is 1.54. The summed E-state index contributed by atoms with van der Waals surface area (Å²) in [4.78, 5) is 0.610. The van der Waals surface area contributed by atoms with Crippen molar-refractivity contribution >= 4 is 22.9 Å². The summed E-state index contributed by atoms with van der Waals surface area (Å²) in [6.07, 6.45) is 1.62. The van der Waals surface area contributed by atoms with Crippen molar-refractivity contribution in [3.05, 3.63) is 33.5 Å². The van der Waals surface area contributed by atoms with Crippen LogP contribution in [0.25, 0.3) is 0 Å². The Hall–Kier alpha value is -0.450. The lowest BCUT2D eigenvalue weighted by Gasteiger charge is -2.29. The van der Waals surface area contributed by atoms with E-state index in [1.807, 2.05) is 0 Å². The van der Waals surface area contributed by atoms with Crippen molar-refractivity contribution < 1.29 is 13.9 Å². The Kier molecular flexibility index (Phi) is 2.61. The molecule has 1 aliphatic rings. The standard InChI is InChI=1S/C10H9ClF2OS/c11-8-2-1-7(15-8)9(14)3-5-10(12,13)6-4-9/h1-3,5,14H,4,6H2. The van der Waals surface area contributed by atoms with E-state index in [1.165, 1.54) is 17.4 Å². The van der Waals surface area contributed by atoms with Gasteiger partial charge in [0.15, 0.2) is 0 Å². The molecule has 0 bridgehead atoms. The topological polar surface area (TPSA) is 20.2 Å². The quantitative estimate of drug-likeness (QED) is 0.756. The van der Waals surface area contributed by atoms with Crippen molar-refractivity contribution in [3.8, 4) is 0 Å². The minimum atomic E-state index is -2.80.